The number of fused-ring (bicyclic) bond motifs is 5. The Morgan fingerprint density at radius 2 is 1.04 bits per heavy atom. The van der Waals surface area contributed by atoms with E-state index in [9.17, 15) is 91.3 Å². The Morgan fingerprint density at radius 3 is 1.67 bits per heavy atom. The molecule has 514 valence electrons. The zero-order chi connectivity index (χ0) is 65.2. The number of esters is 1. The minimum Gasteiger partial charge on any atom is -0.458 e. The highest BCUT2D eigenvalue weighted by atomic mass is 16.8. The second kappa shape index (κ2) is 26.0. The first kappa shape index (κ1) is 69.1. The van der Waals surface area contributed by atoms with Crippen LogP contribution in [0.25, 0.3) is 0 Å². The third-order valence-corrected chi connectivity index (χ3v) is 22.9. The summed E-state index contributed by atoms with van der Waals surface area (Å²) in [5.74, 6) is -0.610. The molecule has 0 amide bonds. The summed E-state index contributed by atoms with van der Waals surface area (Å²) in [6.07, 6.45) is -45.9. The van der Waals surface area contributed by atoms with Crippen molar-refractivity contribution in [2.45, 2.75) is 271 Å². The number of rotatable bonds is 16. The molecule has 90 heavy (non-hydrogen) atoms. The van der Waals surface area contributed by atoms with E-state index in [-0.39, 0.29) is 43.0 Å². The van der Waals surface area contributed by atoms with Gasteiger partial charge in [0, 0.05) is 23.2 Å². The summed E-state index contributed by atoms with van der Waals surface area (Å²) in [5.41, 5.74) is -1.73. The van der Waals surface area contributed by atoms with Gasteiger partial charge in [0.05, 0.1) is 63.7 Å². The molecule has 11 rings (SSSR count). The van der Waals surface area contributed by atoms with Crippen molar-refractivity contribution in [1.29, 1.82) is 0 Å². The summed E-state index contributed by atoms with van der Waals surface area (Å²) in [5, 5.41) is 177. The minimum absolute atomic E-state index is 0.0520. The second-order valence-electron chi connectivity index (χ2n) is 27.7. The van der Waals surface area contributed by atoms with E-state index in [1.54, 1.807) is 0 Å². The summed E-state index contributed by atoms with van der Waals surface area (Å²) in [4.78, 5) is 27.3. The lowest BCUT2D eigenvalue weighted by molar-refractivity contribution is -0.407. The van der Waals surface area contributed by atoms with E-state index in [1.165, 1.54) is 6.92 Å². The molecule has 0 aromatic heterocycles. The molecule has 7 heterocycles. The highest BCUT2D eigenvalue weighted by molar-refractivity contribution is 5.94. The van der Waals surface area contributed by atoms with Gasteiger partial charge in [-0.25, -0.2) is 0 Å². The Morgan fingerprint density at radius 1 is 0.511 bits per heavy atom. The van der Waals surface area contributed by atoms with Crippen LogP contribution in [-0.2, 0) is 71.2 Å². The Bertz CT molecular complexity index is 2590. The maximum atomic E-state index is 14.5. The van der Waals surface area contributed by atoms with Crippen LogP contribution in [0.1, 0.15) is 92.9 Å². The van der Waals surface area contributed by atoms with Gasteiger partial charge in [0.25, 0.3) is 0 Å². The van der Waals surface area contributed by atoms with Gasteiger partial charge < -0.3 is 143 Å². The van der Waals surface area contributed by atoms with Crippen LogP contribution in [0, 0.1) is 33.5 Å². The van der Waals surface area contributed by atoms with Crippen molar-refractivity contribution in [3.63, 3.8) is 0 Å². The van der Waals surface area contributed by atoms with E-state index >= 15 is 0 Å². The molecule has 0 aromatic carbocycles. The number of carbonyl (C=O) groups is 2. The Labute approximate surface area is 518 Å². The fraction of sp³-hybridized carbons (Fsp3) is 0.932. The van der Waals surface area contributed by atoms with Gasteiger partial charge in [0.15, 0.2) is 37.7 Å². The van der Waals surface area contributed by atoms with Crippen molar-refractivity contribution >= 4 is 11.8 Å². The molecule has 35 unspecified atom stereocenters. The molecule has 7 saturated heterocycles. The molecule has 7 aliphatic heterocycles. The number of carbonyl (C=O) groups excluding carboxylic acids is 2. The van der Waals surface area contributed by atoms with Crippen LogP contribution in [0.3, 0.4) is 0 Å². The molecule has 2 saturated carbocycles. The number of aliphatic hydroxyl groups excluding tert-OH is 16. The predicted molar refractivity (Wildman–Crippen MR) is 292 cm³/mol. The number of hydrogen-bond donors (Lipinski definition) is 16. The van der Waals surface area contributed by atoms with E-state index in [4.69, 9.17) is 61.6 Å². The lowest BCUT2D eigenvalue weighted by Gasteiger charge is -2.63. The van der Waals surface area contributed by atoms with E-state index in [0.29, 0.717) is 38.5 Å². The van der Waals surface area contributed by atoms with Crippen molar-refractivity contribution in [3.05, 3.63) is 11.1 Å². The molecule has 35 atom stereocenters. The van der Waals surface area contributed by atoms with E-state index in [0.717, 1.165) is 11.1 Å². The molecule has 1 spiro atoms. The highest BCUT2D eigenvalue weighted by Gasteiger charge is 2.76. The van der Waals surface area contributed by atoms with Crippen LogP contribution >= 0.6 is 0 Å². The molecule has 0 aromatic rings. The normalized spacial score (nSPS) is 54.8. The number of ether oxygens (including phenoxy) is 13. The van der Waals surface area contributed by atoms with Gasteiger partial charge in [-0.05, 0) is 63.7 Å². The molecular weight excluding hydrogens is 1200 g/mol. The SMILES string of the molecule is CC1OC(OC2C(OC3C(OCC4OC(OC5CCC6(C)C7=C(CCC6C5(C)CO)C5(C)C(=O)CC6(OC(=O)CC6C)C5(C)CC7)C(O)C(O)C4O)OCC(O)C3O)OC(CO)C(O)C2OC2OCC(O)C(O)C2OC2OC(CO)C(O)C2O)C(O)C(O)C1O. The third kappa shape index (κ3) is 11.2. The van der Waals surface area contributed by atoms with Crippen LogP contribution in [0.4, 0.5) is 0 Å². The van der Waals surface area contributed by atoms with Gasteiger partial charge in [-0.15, -0.1) is 0 Å². The molecule has 16 N–H and O–H groups in total. The molecule has 9 fully saturated rings. The highest BCUT2D eigenvalue weighted by Crippen LogP contribution is 2.74. The zero-order valence-corrected chi connectivity index (χ0v) is 51.0. The summed E-state index contributed by atoms with van der Waals surface area (Å²) in [6.45, 7) is 7.37. The monoisotopic (exact) mass is 1300 g/mol. The largest absolute Gasteiger partial charge is 0.458 e. The van der Waals surface area contributed by atoms with Crippen LogP contribution in [0.2, 0.25) is 0 Å². The first-order valence-corrected chi connectivity index (χ1v) is 31.3. The molecule has 11 aliphatic rings. The van der Waals surface area contributed by atoms with Crippen molar-refractivity contribution in [2.75, 3.05) is 39.6 Å². The lowest BCUT2D eigenvalue weighted by atomic mass is 9.42. The van der Waals surface area contributed by atoms with Crippen molar-refractivity contribution in [1.82, 2.24) is 0 Å². The molecular formula is C59H92O31. The molecule has 31 heteroatoms. The van der Waals surface area contributed by atoms with Crippen molar-refractivity contribution in [2.24, 2.45) is 33.5 Å². The standard InChI is InChI=1S/C59H92O31/c1-21-13-33(66)90-59(21)14-31(65)58(6)24-7-8-30-55(3,23(24)9-12-57(58,59)5)11-10-32(56(30,4)20-62)85-50-44(77)41(74)38(71)29(84-50)19-80-52-46(35(68)25(63)17-78-52)88-54-48(89-49-43(76)40(73)34(67)22(2)81-49)45(39(72)28(16-61)83-54)86-53-47(36(69)26(64)18-79-53)87-51-42(75)37(70)27(15-60)82-51/h21-22,25-30,32,34-54,60-64,67-77H,7-20H2,1-6H3. The van der Waals surface area contributed by atoms with Crippen LogP contribution in [0.5, 0.6) is 0 Å². The maximum Gasteiger partial charge on any atom is 0.306 e. The van der Waals surface area contributed by atoms with E-state index in [2.05, 4.69) is 13.8 Å². The predicted octanol–water partition coefficient (Wildman–Crippen LogP) is -6.16. The summed E-state index contributed by atoms with van der Waals surface area (Å²) in [6, 6.07) is 0. The minimum atomic E-state index is -2.07. The Balaban J connectivity index is 0.819. The van der Waals surface area contributed by atoms with Crippen molar-refractivity contribution in [3.8, 4) is 0 Å². The fourth-order valence-electron chi connectivity index (χ4n) is 17.2. The van der Waals surface area contributed by atoms with E-state index < -0.39 is 232 Å². The molecule has 31 nitrogen and oxygen atoms in total. The molecule has 4 aliphatic carbocycles. The Hall–Kier alpha value is -2.24. The fourth-order valence-corrected chi connectivity index (χ4v) is 17.2. The average Bonchev–Trinajstić information content (AvgIpc) is 1.43. The summed E-state index contributed by atoms with van der Waals surface area (Å²) in [7, 11) is 0. The number of Topliss-reactive ketones (excluding diaryl/α,β-unsaturated/α-hetero) is 1. The van der Waals surface area contributed by atoms with Gasteiger partial charge >= 0.3 is 5.97 Å². The molecule has 0 radical (unpaired) electrons. The number of hydrogen-bond acceptors (Lipinski definition) is 31. The summed E-state index contributed by atoms with van der Waals surface area (Å²) >= 11 is 0. The smallest absolute Gasteiger partial charge is 0.306 e. The van der Waals surface area contributed by atoms with Crippen molar-refractivity contribution < 1.29 is 153 Å². The first-order chi connectivity index (χ1) is 42.4. The first-order valence-electron chi connectivity index (χ1n) is 31.3. The Kier molecular flexibility index (Phi) is 19.9. The van der Waals surface area contributed by atoms with Gasteiger partial charge in [-0.1, -0.05) is 38.8 Å². The van der Waals surface area contributed by atoms with Gasteiger partial charge in [0.1, 0.15) is 133 Å². The quantitative estimate of drug-likeness (QED) is 0.0505. The maximum absolute atomic E-state index is 14.5. The van der Waals surface area contributed by atoms with Crippen LogP contribution < -0.4 is 0 Å². The number of ketones is 1. The van der Waals surface area contributed by atoms with Gasteiger partial charge in [-0.2, -0.15) is 0 Å². The molecule has 0 bridgehead atoms. The third-order valence-electron chi connectivity index (χ3n) is 22.9. The number of aliphatic hydroxyl groups is 16. The second-order valence-corrected chi connectivity index (χ2v) is 27.7. The van der Waals surface area contributed by atoms with Gasteiger partial charge in [-0.3, -0.25) is 9.59 Å². The number of allylic oxidation sites excluding steroid dienone is 2. The van der Waals surface area contributed by atoms with Crippen LogP contribution in [-0.4, -0.2) is 311 Å². The lowest BCUT2D eigenvalue weighted by Crippen LogP contribution is -2.68. The summed E-state index contributed by atoms with van der Waals surface area (Å²) < 4.78 is 78.4. The van der Waals surface area contributed by atoms with Gasteiger partial charge in [0.2, 0.25) is 0 Å². The average molecular weight is 1300 g/mol. The van der Waals surface area contributed by atoms with E-state index in [1.807, 2.05) is 20.8 Å². The topological polar surface area (TPSA) is 478 Å². The zero-order valence-electron chi connectivity index (χ0n) is 51.0. The van der Waals surface area contributed by atoms with Crippen LogP contribution in [0.15, 0.2) is 11.1 Å².